The number of benzene rings is 1. The van der Waals surface area contributed by atoms with E-state index in [1.807, 2.05) is 6.92 Å². The van der Waals surface area contributed by atoms with Crippen LogP contribution in [-0.4, -0.2) is 16.1 Å². The second kappa shape index (κ2) is 5.08. The second-order valence-electron chi connectivity index (χ2n) is 3.96. The quantitative estimate of drug-likeness (QED) is 0.782. The average Bonchev–Trinajstić information content (AvgIpc) is 2.81. The largest absolute Gasteiger partial charge is 0.298 e. The van der Waals surface area contributed by atoms with Crippen LogP contribution in [0.2, 0.25) is 0 Å². The lowest BCUT2D eigenvalue weighted by Crippen LogP contribution is -1.96. The predicted octanol–water partition coefficient (Wildman–Crippen LogP) is 3.05. The SMILES string of the molecule is CCCn1cc(-c2cc(F)c(F)cc2C=O)cn1. The summed E-state index contributed by atoms with van der Waals surface area (Å²) in [6.45, 7) is 2.75. The average molecular weight is 250 g/mol. The highest BCUT2D eigenvalue weighted by Crippen LogP contribution is 2.25. The fraction of sp³-hybridized carbons (Fsp3) is 0.231. The van der Waals surface area contributed by atoms with Crippen LogP contribution in [0.5, 0.6) is 0 Å². The molecule has 5 heteroatoms. The number of aldehydes is 1. The molecule has 1 aromatic carbocycles. The first kappa shape index (κ1) is 12.4. The van der Waals surface area contributed by atoms with Gasteiger partial charge < -0.3 is 0 Å². The van der Waals surface area contributed by atoms with Crippen molar-refractivity contribution in [1.82, 2.24) is 9.78 Å². The van der Waals surface area contributed by atoms with Gasteiger partial charge in [0, 0.05) is 23.9 Å². The molecule has 2 rings (SSSR count). The third-order valence-electron chi connectivity index (χ3n) is 2.62. The van der Waals surface area contributed by atoms with Crippen molar-refractivity contribution in [2.24, 2.45) is 0 Å². The molecule has 0 spiro atoms. The van der Waals surface area contributed by atoms with E-state index in [1.54, 1.807) is 10.9 Å². The molecule has 18 heavy (non-hydrogen) atoms. The van der Waals surface area contributed by atoms with Crippen LogP contribution in [0.3, 0.4) is 0 Å². The molecule has 0 aliphatic carbocycles. The molecule has 0 bridgehead atoms. The molecular weight excluding hydrogens is 238 g/mol. The second-order valence-corrected chi connectivity index (χ2v) is 3.96. The first-order valence-electron chi connectivity index (χ1n) is 5.62. The number of carbonyl (C=O) groups is 1. The number of nitrogens with zero attached hydrogens (tertiary/aromatic N) is 2. The number of hydrogen-bond donors (Lipinski definition) is 0. The lowest BCUT2D eigenvalue weighted by molar-refractivity contribution is 0.112. The van der Waals surface area contributed by atoms with Gasteiger partial charge in [-0.25, -0.2) is 8.78 Å². The zero-order valence-electron chi connectivity index (χ0n) is 9.86. The van der Waals surface area contributed by atoms with E-state index in [0.29, 0.717) is 17.4 Å². The van der Waals surface area contributed by atoms with Crippen molar-refractivity contribution in [2.75, 3.05) is 0 Å². The summed E-state index contributed by atoms with van der Waals surface area (Å²) in [5, 5.41) is 4.09. The van der Waals surface area contributed by atoms with Crippen LogP contribution < -0.4 is 0 Å². The summed E-state index contributed by atoms with van der Waals surface area (Å²) in [5.74, 6) is -2.00. The van der Waals surface area contributed by atoms with Crippen LogP contribution in [0.25, 0.3) is 11.1 Å². The fourth-order valence-corrected chi connectivity index (χ4v) is 1.76. The van der Waals surface area contributed by atoms with Gasteiger partial charge in [-0.05, 0) is 24.1 Å². The van der Waals surface area contributed by atoms with Gasteiger partial charge in [0.25, 0.3) is 0 Å². The molecule has 0 N–H and O–H groups in total. The molecule has 0 aliphatic heterocycles. The Kier molecular flexibility index (Phi) is 3.50. The number of halogens is 2. The minimum Gasteiger partial charge on any atom is -0.298 e. The molecule has 0 saturated heterocycles. The summed E-state index contributed by atoms with van der Waals surface area (Å²) in [5.41, 5.74) is 1.07. The molecule has 2 aromatic rings. The molecule has 94 valence electrons. The first-order valence-corrected chi connectivity index (χ1v) is 5.62. The topological polar surface area (TPSA) is 34.9 Å². The van der Waals surface area contributed by atoms with Gasteiger partial charge in [0.1, 0.15) is 0 Å². The normalized spacial score (nSPS) is 10.6. The van der Waals surface area contributed by atoms with Crippen molar-refractivity contribution in [3.05, 3.63) is 41.7 Å². The summed E-state index contributed by atoms with van der Waals surface area (Å²) in [6.07, 6.45) is 4.67. The van der Waals surface area contributed by atoms with Crippen LogP contribution in [0.1, 0.15) is 23.7 Å². The van der Waals surface area contributed by atoms with Gasteiger partial charge in [0.2, 0.25) is 0 Å². The highest BCUT2D eigenvalue weighted by molar-refractivity contribution is 5.87. The molecule has 0 saturated carbocycles. The minimum atomic E-state index is -1.03. The van der Waals surface area contributed by atoms with Crippen LogP contribution in [-0.2, 0) is 6.54 Å². The Morgan fingerprint density at radius 2 is 2.06 bits per heavy atom. The van der Waals surface area contributed by atoms with Crippen LogP contribution in [0, 0.1) is 11.6 Å². The van der Waals surface area contributed by atoms with Crippen LogP contribution >= 0.6 is 0 Å². The van der Waals surface area contributed by atoms with E-state index in [-0.39, 0.29) is 5.56 Å². The van der Waals surface area contributed by atoms with Gasteiger partial charge in [-0.2, -0.15) is 5.10 Å². The molecule has 0 atom stereocenters. The van der Waals surface area contributed by atoms with Gasteiger partial charge in [-0.1, -0.05) is 6.92 Å². The number of hydrogen-bond acceptors (Lipinski definition) is 2. The van der Waals surface area contributed by atoms with Crippen molar-refractivity contribution in [1.29, 1.82) is 0 Å². The van der Waals surface area contributed by atoms with E-state index in [0.717, 1.165) is 25.1 Å². The van der Waals surface area contributed by atoms with E-state index in [4.69, 9.17) is 0 Å². The van der Waals surface area contributed by atoms with E-state index in [9.17, 15) is 13.6 Å². The Balaban J connectivity index is 2.48. The maximum Gasteiger partial charge on any atom is 0.159 e. The van der Waals surface area contributed by atoms with Gasteiger partial charge >= 0.3 is 0 Å². The molecule has 1 heterocycles. The van der Waals surface area contributed by atoms with Gasteiger partial charge in [-0.3, -0.25) is 9.48 Å². The van der Waals surface area contributed by atoms with Gasteiger partial charge in [-0.15, -0.1) is 0 Å². The molecule has 0 unspecified atom stereocenters. The molecule has 0 fully saturated rings. The molecule has 0 aliphatic rings. The van der Waals surface area contributed by atoms with E-state index in [1.165, 1.54) is 6.20 Å². The van der Waals surface area contributed by atoms with Gasteiger partial charge in [0.15, 0.2) is 17.9 Å². The summed E-state index contributed by atoms with van der Waals surface area (Å²) in [7, 11) is 0. The first-order chi connectivity index (χ1) is 8.65. The summed E-state index contributed by atoms with van der Waals surface area (Å²) in [6, 6.07) is 1.92. The molecule has 0 amide bonds. The fourth-order valence-electron chi connectivity index (χ4n) is 1.76. The van der Waals surface area contributed by atoms with Crippen LogP contribution in [0.4, 0.5) is 8.78 Å². The van der Waals surface area contributed by atoms with Crippen LogP contribution in [0.15, 0.2) is 24.5 Å². The number of rotatable bonds is 4. The summed E-state index contributed by atoms with van der Waals surface area (Å²) >= 11 is 0. The maximum absolute atomic E-state index is 13.2. The smallest absolute Gasteiger partial charge is 0.159 e. The number of aryl methyl sites for hydroxylation is 1. The highest BCUT2D eigenvalue weighted by atomic mass is 19.2. The standard InChI is InChI=1S/C13H12F2N2O/c1-2-3-17-7-10(6-16-17)11-5-13(15)12(14)4-9(11)8-18/h4-8H,2-3H2,1H3. The van der Waals surface area contributed by atoms with E-state index in [2.05, 4.69) is 5.10 Å². The summed E-state index contributed by atoms with van der Waals surface area (Å²) < 4.78 is 28.0. The number of aromatic nitrogens is 2. The Morgan fingerprint density at radius 3 is 2.72 bits per heavy atom. The Labute approximate surface area is 103 Å². The van der Waals surface area contributed by atoms with Crippen molar-refractivity contribution in [2.45, 2.75) is 19.9 Å². The zero-order chi connectivity index (χ0) is 13.1. The van der Waals surface area contributed by atoms with E-state index >= 15 is 0 Å². The maximum atomic E-state index is 13.2. The summed E-state index contributed by atoms with van der Waals surface area (Å²) in [4.78, 5) is 10.9. The molecule has 3 nitrogen and oxygen atoms in total. The lowest BCUT2D eigenvalue weighted by Gasteiger charge is -2.03. The van der Waals surface area contributed by atoms with Crippen molar-refractivity contribution in [3.8, 4) is 11.1 Å². The van der Waals surface area contributed by atoms with E-state index < -0.39 is 11.6 Å². The molecule has 0 radical (unpaired) electrons. The monoisotopic (exact) mass is 250 g/mol. The third-order valence-corrected chi connectivity index (χ3v) is 2.62. The molecule has 1 aromatic heterocycles. The van der Waals surface area contributed by atoms with Crippen molar-refractivity contribution < 1.29 is 13.6 Å². The Hall–Kier alpha value is -2.04. The zero-order valence-corrected chi connectivity index (χ0v) is 9.86. The Bertz CT molecular complexity index is 578. The van der Waals surface area contributed by atoms with Crippen molar-refractivity contribution in [3.63, 3.8) is 0 Å². The minimum absolute atomic E-state index is 0.116. The molecular formula is C13H12F2N2O. The third kappa shape index (κ3) is 2.30. The van der Waals surface area contributed by atoms with Gasteiger partial charge in [0.05, 0.1) is 6.20 Å². The van der Waals surface area contributed by atoms with Crippen molar-refractivity contribution >= 4 is 6.29 Å². The Morgan fingerprint density at radius 1 is 1.33 bits per heavy atom. The lowest BCUT2D eigenvalue weighted by atomic mass is 10.0. The predicted molar refractivity (Wildman–Crippen MR) is 63.3 cm³/mol. The highest BCUT2D eigenvalue weighted by Gasteiger charge is 2.12. The number of carbonyl (C=O) groups excluding carboxylic acids is 1.